The first-order valence-corrected chi connectivity index (χ1v) is 4.29. The van der Waals surface area contributed by atoms with Crippen molar-refractivity contribution >= 4 is 11.6 Å². The largest absolute Gasteiger partial charge is 0.433 e. The van der Waals surface area contributed by atoms with Gasteiger partial charge in [-0.15, -0.1) is 0 Å². The van der Waals surface area contributed by atoms with Crippen molar-refractivity contribution in [2.24, 2.45) is 0 Å². The molecule has 0 aliphatic carbocycles. The molecular weight excluding hydrogens is 217 g/mol. The van der Waals surface area contributed by atoms with Crippen molar-refractivity contribution in [3.05, 3.63) is 22.7 Å². The molecule has 0 N–H and O–H groups in total. The van der Waals surface area contributed by atoms with Crippen LogP contribution in [0.3, 0.4) is 0 Å². The molecule has 0 unspecified atom stereocenters. The molecule has 0 aliphatic rings. The Labute approximate surface area is 84.1 Å². The van der Waals surface area contributed by atoms with Gasteiger partial charge in [-0.2, -0.15) is 13.2 Å². The van der Waals surface area contributed by atoms with Crippen LogP contribution in [0.5, 0.6) is 0 Å². The van der Waals surface area contributed by atoms with Gasteiger partial charge in [0.2, 0.25) is 5.28 Å². The van der Waals surface area contributed by atoms with Gasteiger partial charge in [0.15, 0.2) is 5.69 Å². The molecule has 2 nitrogen and oxygen atoms in total. The third-order valence-electron chi connectivity index (χ3n) is 1.68. The smallest absolute Gasteiger partial charge is 0.226 e. The Morgan fingerprint density at radius 2 is 1.93 bits per heavy atom. The lowest BCUT2D eigenvalue weighted by Crippen LogP contribution is -2.13. The van der Waals surface area contributed by atoms with Crippen LogP contribution in [0.4, 0.5) is 13.2 Å². The maximum atomic E-state index is 12.4. The van der Waals surface area contributed by atoms with Crippen molar-refractivity contribution < 1.29 is 13.2 Å². The number of alkyl halides is 3. The van der Waals surface area contributed by atoms with Crippen molar-refractivity contribution in [1.29, 1.82) is 0 Å². The van der Waals surface area contributed by atoms with E-state index in [4.69, 9.17) is 11.6 Å². The maximum Gasteiger partial charge on any atom is 0.433 e. The predicted octanol–water partition coefficient (Wildman–Crippen LogP) is 3.27. The van der Waals surface area contributed by atoms with E-state index in [-0.39, 0.29) is 16.8 Å². The van der Waals surface area contributed by atoms with Gasteiger partial charge in [0.1, 0.15) is 0 Å². The molecule has 78 valence electrons. The zero-order chi connectivity index (χ0) is 10.9. The van der Waals surface area contributed by atoms with E-state index >= 15 is 0 Å². The highest BCUT2D eigenvalue weighted by atomic mass is 35.5. The first-order valence-electron chi connectivity index (χ1n) is 3.92. The molecule has 0 saturated carbocycles. The second-order valence-corrected chi connectivity index (χ2v) is 3.43. The van der Waals surface area contributed by atoms with Crippen LogP contribution >= 0.6 is 11.6 Å². The topological polar surface area (TPSA) is 25.8 Å². The zero-order valence-electron chi connectivity index (χ0n) is 7.56. The zero-order valence-corrected chi connectivity index (χ0v) is 8.32. The second kappa shape index (κ2) is 3.73. The van der Waals surface area contributed by atoms with E-state index in [2.05, 4.69) is 9.97 Å². The molecule has 14 heavy (non-hydrogen) atoms. The van der Waals surface area contributed by atoms with Crippen molar-refractivity contribution in [3.8, 4) is 0 Å². The highest BCUT2D eigenvalue weighted by Crippen LogP contribution is 2.33. The molecule has 6 heteroatoms. The van der Waals surface area contributed by atoms with Crippen molar-refractivity contribution in [3.63, 3.8) is 0 Å². The van der Waals surface area contributed by atoms with Gasteiger partial charge in [-0.3, -0.25) is 0 Å². The molecule has 0 amide bonds. The normalized spacial score (nSPS) is 12.2. The molecule has 0 aromatic carbocycles. The molecule has 0 saturated heterocycles. The van der Waals surface area contributed by atoms with E-state index in [1.54, 1.807) is 13.8 Å². The molecule has 1 aromatic rings. The van der Waals surface area contributed by atoms with Crippen LogP contribution in [-0.2, 0) is 6.18 Å². The van der Waals surface area contributed by atoms with Crippen LogP contribution in [0.25, 0.3) is 0 Å². The molecule has 0 radical (unpaired) electrons. The lowest BCUT2D eigenvalue weighted by molar-refractivity contribution is -0.142. The van der Waals surface area contributed by atoms with Gasteiger partial charge in [0, 0.05) is 11.8 Å². The monoisotopic (exact) mass is 224 g/mol. The molecule has 1 rings (SSSR count). The Morgan fingerprint density at radius 3 is 2.36 bits per heavy atom. The Hall–Kier alpha value is -0.840. The number of hydrogen-bond acceptors (Lipinski definition) is 2. The highest BCUT2D eigenvalue weighted by molar-refractivity contribution is 6.28. The molecule has 0 spiro atoms. The molecule has 0 atom stereocenters. The highest BCUT2D eigenvalue weighted by Gasteiger charge is 2.36. The third kappa shape index (κ3) is 2.35. The SMILES string of the molecule is CC(C)c1cnc(Cl)nc1C(F)(F)F. The van der Waals surface area contributed by atoms with Gasteiger partial charge in [0.25, 0.3) is 0 Å². The van der Waals surface area contributed by atoms with Gasteiger partial charge in [0.05, 0.1) is 0 Å². The number of nitrogens with zero attached hydrogens (tertiary/aromatic N) is 2. The third-order valence-corrected chi connectivity index (χ3v) is 1.86. The Balaban J connectivity index is 3.30. The first kappa shape index (κ1) is 11.2. The van der Waals surface area contributed by atoms with Crippen molar-refractivity contribution in [2.45, 2.75) is 25.9 Å². The Kier molecular flexibility index (Phi) is 2.99. The minimum absolute atomic E-state index is 0.0573. The summed E-state index contributed by atoms with van der Waals surface area (Å²) < 4.78 is 37.3. The van der Waals surface area contributed by atoms with E-state index in [9.17, 15) is 13.2 Å². The van der Waals surface area contributed by atoms with Crippen LogP contribution in [0.2, 0.25) is 5.28 Å². The maximum absolute atomic E-state index is 12.4. The fourth-order valence-corrected chi connectivity index (χ4v) is 1.15. The van der Waals surface area contributed by atoms with Crippen LogP contribution in [0.1, 0.15) is 31.0 Å². The second-order valence-electron chi connectivity index (χ2n) is 3.10. The lowest BCUT2D eigenvalue weighted by Gasteiger charge is -2.13. The Bertz CT molecular complexity index is 336. The van der Waals surface area contributed by atoms with E-state index in [1.165, 1.54) is 0 Å². The standard InChI is InChI=1S/C8H8ClF3N2/c1-4(2)5-3-13-7(9)14-6(5)8(10,11)12/h3-4H,1-2H3. The quantitative estimate of drug-likeness (QED) is 0.685. The minimum atomic E-state index is -4.48. The average Bonchev–Trinajstić information content (AvgIpc) is 2.01. The van der Waals surface area contributed by atoms with Crippen molar-refractivity contribution in [2.75, 3.05) is 0 Å². The fourth-order valence-electron chi connectivity index (χ4n) is 1.02. The van der Waals surface area contributed by atoms with Gasteiger partial charge in [-0.1, -0.05) is 13.8 Å². The lowest BCUT2D eigenvalue weighted by atomic mass is 10.0. The first-order chi connectivity index (χ1) is 6.32. The summed E-state index contributed by atoms with van der Waals surface area (Å²) in [5, 5.41) is -0.387. The Morgan fingerprint density at radius 1 is 1.36 bits per heavy atom. The molecular formula is C8H8ClF3N2. The number of halogens is 4. The van der Waals surface area contributed by atoms with E-state index in [1.807, 2.05) is 0 Å². The molecule has 0 aliphatic heterocycles. The summed E-state index contributed by atoms with van der Waals surface area (Å²) in [6, 6.07) is 0. The number of hydrogen-bond donors (Lipinski definition) is 0. The minimum Gasteiger partial charge on any atom is -0.226 e. The summed E-state index contributed by atoms with van der Waals surface area (Å²) in [5.41, 5.74) is -0.894. The summed E-state index contributed by atoms with van der Waals surface area (Å²) >= 11 is 5.31. The van der Waals surface area contributed by atoms with Gasteiger partial charge in [-0.05, 0) is 17.5 Å². The van der Waals surface area contributed by atoms with Gasteiger partial charge in [-0.25, -0.2) is 9.97 Å². The van der Waals surface area contributed by atoms with Crippen LogP contribution in [0, 0.1) is 0 Å². The molecule has 1 heterocycles. The van der Waals surface area contributed by atoms with Gasteiger partial charge >= 0.3 is 6.18 Å². The molecule has 1 aromatic heterocycles. The summed E-state index contributed by atoms with van der Waals surface area (Å²) in [7, 11) is 0. The average molecular weight is 225 g/mol. The van der Waals surface area contributed by atoms with Crippen LogP contribution in [0.15, 0.2) is 6.20 Å². The van der Waals surface area contributed by atoms with E-state index in [0.29, 0.717) is 0 Å². The number of rotatable bonds is 1. The van der Waals surface area contributed by atoms with E-state index in [0.717, 1.165) is 6.20 Å². The molecule has 0 bridgehead atoms. The van der Waals surface area contributed by atoms with Crippen LogP contribution in [-0.4, -0.2) is 9.97 Å². The summed E-state index contributed by atoms with van der Waals surface area (Å²) in [6.07, 6.45) is -3.37. The van der Waals surface area contributed by atoms with Crippen LogP contribution < -0.4 is 0 Å². The fraction of sp³-hybridized carbons (Fsp3) is 0.500. The summed E-state index contributed by atoms with van der Waals surface area (Å²) in [5.74, 6) is -0.288. The van der Waals surface area contributed by atoms with Gasteiger partial charge < -0.3 is 0 Å². The predicted molar refractivity (Wildman–Crippen MR) is 46.1 cm³/mol. The number of aromatic nitrogens is 2. The van der Waals surface area contributed by atoms with Crippen molar-refractivity contribution in [1.82, 2.24) is 9.97 Å². The molecule has 0 fully saturated rings. The summed E-state index contributed by atoms with van der Waals surface area (Å²) in [4.78, 5) is 6.72. The van der Waals surface area contributed by atoms with E-state index < -0.39 is 11.9 Å². The summed E-state index contributed by atoms with van der Waals surface area (Å²) in [6.45, 7) is 3.28.